The number of nitrogens with zero attached hydrogens (tertiary/aromatic N) is 2. The van der Waals surface area contributed by atoms with E-state index in [1.807, 2.05) is 46.9 Å². The van der Waals surface area contributed by atoms with E-state index in [0.717, 1.165) is 52.5 Å². The summed E-state index contributed by atoms with van der Waals surface area (Å²) in [6, 6.07) is 15.8. The highest BCUT2D eigenvalue weighted by Crippen LogP contribution is 2.33. The van der Waals surface area contributed by atoms with Crippen molar-refractivity contribution in [1.82, 2.24) is 9.38 Å². The Morgan fingerprint density at radius 3 is 2.61 bits per heavy atom. The average molecular weight is 302 g/mol. The Kier molecular flexibility index (Phi) is 2.50. The molecule has 0 radical (unpaired) electrons. The molecule has 1 aliphatic heterocycles. The topological polar surface area (TPSA) is 40.3 Å². The van der Waals surface area contributed by atoms with Crippen LogP contribution < -0.4 is 5.56 Å². The van der Waals surface area contributed by atoms with E-state index in [-0.39, 0.29) is 5.56 Å². The Morgan fingerprint density at radius 2 is 1.78 bits per heavy atom. The summed E-state index contributed by atoms with van der Waals surface area (Å²) in [5, 5.41) is 1.84. The summed E-state index contributed by atoms with van der Waals surface area (Å²) in [7, 11) is 0. The largest absolute Gasteiger partial charge is 0.335 e. The molecule has 23 heavy (non-hydrogen) atoms. The summed E-state index contributed by atoms with van der Waals surface area (Å²) in [6.45, 7) is 0.999. The number of nitrogens with one attached hydrogen (secondary N) is 1. The van der Waals surface area contributed by atoms with Gasteiger partial charge in [-0.1, -0.05) is 24.3 Å². The highest BCUT2D eigenvalue weighted by molar-refractivity contribution is 6.00. The van der Waals surface area contributed by atoms with Crippen LogP contribution >= 0.6 is 0 Å². The fraction of sp³-hybridized carbons (Fsp3) is 0.158. The average Bonchev–Trinajstić information content (AvgIpc) is 3.20. The van der Waals surface area contributed by atoms with Gasteiger partial charge in [-0.15, -0.1) is 0 Å². The second-order valence-electron chi connectivity index (χ2n) is 6.04. The van der Waals surface area contributed by atoms with Crippen molar-refractivity contribution < 1.29 is 4.58 Å². The van der Waals surface area contributed by atoms with E-state index in [9.17, 15) is 4.79 Å². The van der Waals surface area contributed by atoms with Crippen LogP contribution in [0.1, 0.15) is 12.8 Å². The minimum absolute atomic E-state index is 0.0380. The molecular weight excluding hydrogens is 286 g/mol. The van der Waals surface area contributed by atoms with Gasteiger partial charge in [0.2, 0.25) is 0 Å². The van der Waals surface area contributed by atoms with Crippen molar-refractivity contribution in [3.8, 4) is 0 Å². The molecule has 0 amide bonds. The number of aromatic nitrogens is 2. The Morgan fingerprint density at radius 1 is 1.00 bits per heavy atom. The van der Waals surface area contributed by atoms with E-state index in [4.69, 9.17) is 0 Å². The summed E-state index contributed by atoms with van der Waals surface area (Å²) >= 11 is 0. The molecule has 1 N–H and O–H groups in total. The maximum absolute atomic E-state index is 13.0. The molecule has 3 heterocycles. The number of rotatable bonds is 1. The fourth-order valence-corrected chi connectivity index (χ4v) is 3.67. The molecule has 2 aromatic carbocycles. The zero-order valence-corrected chi connectivity index (χ0v) is 12.6. The van der Waals surface area contributed by atoms with Gasteiger partial charge < -0.3 is 4.98 Å². The zero-order valence-electron chi connectivity index (χ0n) is 12.6. The van der Waals surface area contributed by atoms with Crippen molar-refractivity contribution in [2.24, 2.45) is 0 Å². The van der Waals surface area contributed by atoms with Gasteiger partial charge in [0, 0.05) is 12.8 Å². The van der Waals surface area contributed by atoms with Crippen molar-refractivity contribution >= 4 is 39.4 Å². The molecule has 2 aromatic heterocycles. The lowest BCUT2D eigenvalue weighted by Crippen LogP contribution is -2.14. The number of aromatic amines is 1. The maximum Gasteiger partial charge on any atom is 0.266 e. The van der Waals surface area contributed by atoms with Crippen LogP contribution in [0.15, 0.2) is 53.3 Å². The number of H-pyrrole nitrogens is 1. The van der Waals surface area contributed by atoms with Gasteiger partial charge in [-0.3, -0.25) is 9.20 Å². The first-order valence-corrected chi connectivity index (χ1v) is 7.99. The molecule has 4 heteroatoms. The van der Waals surface area contributed by atoms with Gasteiger partial charge in [0.25, 0.3) is 11.2 Å². The van der Waals surface area contributed by atoms with Crippen LogP contribution in [0.4, 0.5) is 5.69 Å². The van der Waals surface area contributed by atoms with Gasteiger partial charge in [0.05, 0.1) is 21.8 Å². The smallest absolute Gasteiger partial charge is 0.266 e. The Labute approximate surface area is 132 Å². The van der Waals surface area contributed by atoms with Crippen molar-refractivity contribution in [3.63, 3.8) is 0 Å². The number of para-hydroxylation sites is 2. The van der Waals surface area contributed by atoms with Gasteiger partial charge in [-0.25, -0.2) is 0 Å². The molecule has 4 aromatic rings. The van der Waals surface area contributed by atoms with Crippen molar-refractivity contribution in [2.75, 3.05) is 6.54 Å². The molecule has 0 aliphatic carbocycles. The molecule has 0 spiro atoms. The van der Waals surface area contributed by atoms with Crippen LogP contribution in [-0.2, 0) is 0 Å². The third-order valence-corrected chi connectivity index (χ3v) is 4.70. The van der Waals surface area contributed by atoms with Crippen LogP contribution in [0.2, 0.25) is 0 Å². The fourth-order valence-electron chi connectivity index (χ4n) is 3.67. The Balaban J connectivity index is 2.08. The lowest BCUT2D eigenvalue weighted by molar-refractivity contribution is -0.423. The van der Waals surface area contributed by atoms with Crippen LogP contribution in [0.3, 0.4) is 0 Å². The maximum atomic E-state index is 13.0. The summed E-state index contributed by atoms with van der Waals surface area (Å²) in [4.78, 5) is 16.5. The zero-order chi connectivity index (χ0) is 15.4. The lowest BCUT2D eigenvalue weighted by Gasteiger charge is -2.01. The predicted molar refractivity (Wildman–Crippen MR) is 93.1 cm³/mol. The van der Waals surface area contributed by atoms with E-state index in [1.54, 1.807) is 0 Å². The van der Waals surface area contributed by atoms with Gasteiger partial charge in [-0.2, -0.15) is 4.58 Å². The Hall–Kier alpha value is -2.88. The molecule has 0 fully saturated rings. The molecule has 4 nitrogen and oxygen atoms in total. The number of hydrogen-bond acceptors (Lipinski definition) is 1. The van der Waals surface area contributed by atoms with E-state index in [2.05, 4.69) is 21.8 Å². The third kappa shape index (κ3) is 1.66. The van der Waals surface area contributed by atoms with Crippen molar-refractivity contribution in [2.45, 2.75) is 12.8 Å². The van der Waals surface area contributed by atoms with E-state index >= 15 is 0 Å². The first-order chi connectivity index (χ1) is 11.3. The summed E-state index contributed by atoms with van der Waals surface area (Å²) in [5.41, 5.74) is 3.88. The van der Waals surface area contributed by atoms with Crippen LogP contribution in [0.25, 0.3) is 27.5 Å². The SMILES string of the molecule is O=c1c2ccccc2[nH]c2c([N+]3=CCCC3)c3ccccc3n12. The molecule has 112 valence electrons. The lowest BCUT2D eigenvalue weighted by atomic mass is 10.2. The second-order valence-corrected chi connectivity index (χ2v) is 6.04. The molecule has 0 bridgehead atoms. The Bertz CT molecular complexity index is 1160. The monoisotopic (exact) mass is 302 g/mol. The van der Waals surface area contributed by atoms with E-state index in [1.165, 1.54) is 0 Å². The molecule has 0 atom stereocenters. The molecule has 0 unspecified atom stereocenters. The molecule has 1 aliphatic rings. The highest BCUT2D eigenvalue weighted by Gasteiger charge is 2.25. The molecule has 5 rings (SSSR count). The van der Waals surface area contributed by atoms with Crippen molar-refractivity contribution in [3.05, 3.63) is 58.9 Å². The standard InChI is InChI=1S/C19H15N3O/c23-19-13-7-1-3-9-15(13)20-18-17(21-11-5-6-12-21)14-8-2-4-10-16(14)22(18)19/h1-4,7-11H,5-6,12H2/p+1. The number of benzene rings is 2. The predicted octanol–water partition coefficient (Wildman–Crippen LogP) is 3.44. The van der Waals surface area contributed by atoms with E-state index in [0.29, 0.717) is 0 Å². The third-order valence-electron chi connectivity index (χ3n) is 4.70. The second kappa shape index (κ2) is 4.56. The first kappa shape index (κ1) is 12.6. The van der Waals surface area contributed by atoms with Gasteiger partial charge in [0.1, 0.15) is 12.8 Å². The number of hydrogen-bond donors (Lipinski definition) is 1. The quantitative estimate of drug-likeness (QED) is 0.538. The summed E-state index contributed by atoms with van der Waals surface area (Å²) < 4.78 is 4.10. The molecule has 0 saturated carbocycles. The molecule has 0 saturated heterocycles. The minimum atomic E-state index is 0.0380. The van der Waals surface area contributed by atoms with Crippen LogP contribution in [0, 0.1) is 0 Å². The summed E-state index contributed by atoms with van der Waals surface area (Å²) in [6.07, 6.45) is 4.47. The first-order valence-electron chi connectivity index (χ1n) is 7.99. The van der Waals surface area contributed by atoms with Crippen LogP contribution in [0.5, 0.6) is 0 Å². The van der Waals surface area contributed by atoms with Gasteiger partial charge in [-0.05, 0) is 24.3 Å². The number of fused-ring (bicyclic) bond motifs is 4. The minimum Gasteiger partial charge on any atom is -0.335 e. The molecular formula is C19H16N3O+. The summed E-state index contributed by atoms with van der Waals surface area (Å²) in [5.74, 6) is 0. The normalized spacial score (nSPS) is 14.9. The van der Waals surface area contributed by atoms with E-state index < -0.39 is 0 Å². The highest BCUT2D eigenvalue weighted by atomic mass is 16.1. The van der Waals surface area contributed by atoms with Gasteiger partial charge >= 0.3 is 0 Å². The van der Waals surface area contributed by atoms with Crippen molar-refractivity contribution in [1.29, 1.82) is 0 Å². The van der Waals surface area contributed by atoms with Crippen LogP contribution in [-0.4, -0.2) is 26.7 Å². The van der Waals surface area contributed by atoms with Gasteiger partial charge in [0.15, 0.2) is 5.65 Å².